The largest absolute Gasteiger partial charge is 0.340 e. The molecule has 5 nitrogen and oxygen atoms in total. The zero-order chi connectivity index (χ0) is 19.6. The molecule has 7 heteroatoms. The normalized spacial score (nSPS) is 11.0. The van der Waals surface area contributed by atoms with E-state index in [9.17, 15) is 13.6 Å². The number of hydrogen-bond donors (Lipinski definition) is 0. The van der Waals surface area contributed by atoms with Crippen LogP contribution >= 0.6 is 0 Å². The molecule has 27 heavy (non-hydrogen) atoms. The Morgan fingerprint density at radius 3 is 2.67 bits per heavy atom. The molecule has 3 rings (SSSR count). The van der Waals surface area contributed by atoms with Gasteiger partial charge in [0.1, 0.15) is 5.69 Å². The van der Waals surface area contributed by atoms with Crippen molar-refractivity contribution in [3.05, 3.63) is 71.9 Å². The molecule has 0 radical (unpaired) electrons. The van der Waals surface area contributed by atoms with Crippen molar-refractivity contribution in [1.29, 1.82) is 0 Å². The van der Waals surface area contributed by atoms with Crippen LogP contribution in [0.25, 0.3) is 11.3 Å². The van der Waals surface area contributed by atoms with Gasteiger partial charge in [-0.2, -0.15) is 0 Å². The summed E-state index contributed by atoms with van der Waals surface area (Å²) >= 11 is 0. The Balaban J connectivity index is 1.89. The van der Waals surface area contributed by atoms with Crippen LogP contribution in [0.1, 0.15) is 29.9 Å². The maximum Gasteiger partial charge on any atom is 0.274 e. The van der Waals surface area contributed by atoms with Crippen molar-refractivity contribution in [3.8, 4) is 11.3 Å². The first-order chi connectivity index (χ1) is 12.9. The first-order valence-corrected chi connectivity index (χ1v) is 8.55. The highest BCUT2D eigenvalue weighted by Gasteiger charge is 2.21. The minimum Gasteiger partial charge on any atom is -0.340 e. The molecule has 3 aromatic rings. The third-order valence-corrected chi connectivity index (χ3v) is 4.21. The van der Waals surface area contributed by atoms with Crippen molar-refractivity contribution >= 4 is 5.91 Å². The molecule has 0 aliphatic rings. The molecular formula is C20H20F2N4O. The first kappa shape index (κ1) is 18.7. The van der Waals surface area contributed by atoms with Crippen LogP contribution in [-0.4, -0.2) is 31.4 Å². The van der Waals surface area contributed by atoms with Crippen LogP contribution in [0.5, 0.6) is 0 Å². The fraction of sp³-hybridized carbons (Fsp3) is 0.250. The second-order valence-corrected chi connectivity index (χ2v) is 6.60. The SMILES string of the molecule is CC(C)N(Cc1ccnc(-c2cccc(F)c2F)c1)C(=O)c1cn(C)cn1. The fourth-order valence-corrected chi connectivity index (χ4v) is 2.78. The number of aryl methyl sites for hydroxylation is 1. The maximum atomic E-state index is 14.1. The lowest BCUT2D eigenvalue weighted by atomic mass is 10.1. The van der Waals surface area contributed by atoms with E-state index < -0.39 is 11.6 Å². The molecule has 0 spiro atoms. The standard InChI is InChI=1S/C20H20F2N4O/c1-13(2)26(20(27)18-11-25(3)12-24-18)10-14-7-8-23-17(9-14)15-5-4-6-16(21)19(15)22/h4-9,11-13H,10H2,1-3H3. The molecule has 0 fully saturated rings. The smallest absolute Gasteiger partial charge is 0.274 e. The third kappa shape index (κ3) is 4.02. The van der Waals surface area contributed by atoms with Gasteiger partial charge in [0.15, 0.2) is 11.6 Å². The van der Waals surface area contributed by atoms with Crippen molar-refractivity contribution in [3.63, 3.8) is 0 Å². The summed E-state index contributed by atoms with van der Waals surface area (Å²) in [6.45, 7) is 4.13. The van der Waals surface area contributed by atoms with Gasteiger partial charge >= 0.3 is 0 Å². The summed E-state index contributed by atoms with van der Waals surface area (Å²) in [7, 11) is 1.80. The molecule has 0 aliphatic carbocycles. The number of carbonyl (C=O) groups excluding carboxylic acids is 1. The van der Waals surface area contributed by atoms with Crippen molar-refractivity contribution in [2.24, 2.45) is 7.05 Å². The van der Waals surface area contributed by atoms with Gasteiger partial charge in [-0.1, -0.05) is 6.07 Å². The lowest BCUT2D eigenvalue weighted by Crippen LogP contribution is -2.36. The zero-order valence-electron chi connectivity index (χ0n) is 15.4. The monoisotopic (exact) mass is 370 g/mol. The molecule has 2 aromatic heterocycles. The molecule has 0 atom stereocenters. The number of imidazole rings is 1. The second kappa shape index (κ2) is 7.65. The van der Waals surface area contributed by atoms with Crippen LogP contribution in [-0.2, 0) is 13.6 Å². The van der Waals surface area contributed by atoms with Crippen LogP contribution in [0.15, 0.2) is 49.1 Å². The number of aromatic nitrogens is 3. The summed E-state index contributed by atoms with van der Waals surface area (Å²) in [4.78, 5) is 22.7. The molecule has 0 N–H and O–H groups in total. The van der Waals surface area contributed by atoms with E-state index in [1.807, 2.05) is 13.8 Å². The van der Waals surface area contributed by atoms with E-state index in [1.54, 1.807) is 41.2 Å². The van der Waals surface area contributed by atoms with E-state index in [0.29, 0.717) is 17.9 Å². The number of nitrogens with zero attached hydrogens (tertiary/aromatic N) is 4. The quantitative estimate of drug-likeness (QED) is 0.686. The summed E-state index contributed by atoms with van der Waals surface area (Å²) in [6, 6.07) is 7.33. The fourth-order valence-electron chi connectivity index (χ4n) is 2.78. The Labute approximate surface area is 156 Å². The third-order valence-electron chi connectivity index (χ3n) is 4.21. The summed E-state index contributed by atoms with van der Waals surface area (Å²) in [5.74, 6) is -2.05. The molecular weight excluding hydrogens is 350 g/mol. The van der Waals surface area contributed by atoms with Crippen LogP contribution in [0.4, 0.5) is 8.78 Å². The number of hydrogen-bond acceptors (Lipinski definition) is 3. The number of benzene rings is 1. The van der Waals surface area contributed by atoms with E-state index in [1.165, 1.54) is 18.3 Å². The van der Waals surface area contributed by atoms with Gasteiger partial charge in [-0.3, -0.25) is 9.78 Å². The van der Waals surface area contributed by atoms with Gasteiger partial charge in [-0.15, -0.1) is 0 Å². The zero-order valence-corrected chi connectivity index (χ0v) is 15.4. The Bertz CT molecular complexity index is 968. The van der Waals surface area contributed by atoms with Gasteiger partial charge in [0.2, 0.25) is 0 Å². The molecule has 140 valence electrons. The number of amides is 1. The minimum atomic E-state index is -0.938. The van der Waals surface area contributed by atoms with Gasteiger partial charge in [0.05, 0.1) is 12.0 Å². The van der Waals surface area contributed by atoms with Gasteiger partial charge in [0, 0.05) is 37.6 Å². The molecule has 0 saturated carbocycles. The van der Waals surface area contributed by atoms with E-state index in [4.69, 9.17) is 0 Å². The van der Waals surface area contributed by atoms with E-state index in [2.05, 4.69) is 9.97 Å². The highest BCUT2D eigenvalue weighted by atomic mass is 19.2. The molecule has 1 aromatic carbocycles. The Morgan fingerprint density at radius 2 is 2.00 bits per heavy atom. The van der Waals surface area contributed by atoms with E-state index in [-0.39, 0.29) is 17.5 Å². The summed E-state index contributed by atoms with van der Waals surface area (Å²) in [5.41, 5.74) is 1.53. The van der Waals surface area contributed by atoms with E-state index >= 15 is 0 Å². The molecule has 1 amide bonds. The van der Waals surface area contributed by atoms with Crippen LogP contribution in [0.2, 0.25) is 0 Å². The number of carbonyl (C=O) groups is 1. The number of pyridine rings is 1. The molecule has 0 bridgehead atoms. The lowest BCUT2D eigenvalue weighted by Gasteiger charge is -2.26. The molecule has 0 saturated heterocycles. The van der Waals surface area contributed by atoms with Crippen molar-refractivity contribution < 1.29 is 13.6 Å². The lowest BCUT2D eigenvalue weighted by molar-refractivity contribution is 0.0684. The molecule has 0 aliphatic heterocycles. The predicted molar refractivity (Wildman–Crippen MR) is 97.8 cm³/mol. The van der Waals surface area contributed by atoms with Gasteiger partial charge < -0.3 is 9.47 Å². The highest BCUT2D eigenvalue weighted by Crippen LogP contribution is 2.24. The summed E-state index contributed by atoms with van der Waals surface area (Å²) in [6.07, 6.45) is 4.76. The Kier molecular flexibility index (Phi) is 5.30. The average Bonchev–Trinajstić information content (AvgIpc) is 3.08. The topological polar surface area (TPSA) is 51.0 Å². The Morgan fingerprint density at radius 1 is 1.22 bits per heavy atom. The van der Waals surface area contributed by atoms with Crippen molar-refractivity contribution in [2.45, 2.75) is 26.4 Å². The summed E-state index contributed by atoms with van der Waals surface area (Å²) in [5, 5.41) is 0. The number of halogens is 2. The maximum absolute atomic E-state index is 14.1. The second-order valence-electron chi connectivity index (χ2n) is 6.60. The van der Waals surface area contributed by atoms with Crippen molar-refractivity contribution in [1.82, 2.24) is 19.4 Å². The minimum absolute atomic E-state index is 0.0676. The van der Waals surface area contributed by atoms with Gasteiger partial charge in [0.25, 0.3) is 5.91 Å². The highest BCUT2D eigenvalue weighted by molar-refractivity contribution is 5.92. The first-order valence-electron chi connectivity index (χ1n) is 8.55. The van der Waals surface area contributed by atoms with Gasteiger partial charge in [-0.25, -0.2) is 13.8 Å². The van der Waals surface area contributed by atoms with Crippen molar-refractivity contribution in [2.75, 3.05) is 0 Å². The number of rotatable bonds is 5. The summed E-state index contributed by atoms with van der Waals surface area (Å²) < 4.78 is 29.3. The molecule has 0 unspecified atom stereocenters. The Hall–Kier alpha value is -3.09. The van der Waals surface area contributed by atoms with Gasteiger partial charge in [-0.05, 0) is 43.7 Å². The predicted octanol–water partition coefficient (Wildman–Crippen LogP) is 3.81. The molecule has 2 heterocycles. The van der Waals surface area contributed by atoms with Crippen LogP contribution < -0.4 is 0 Å². The van der Waals surface area contributed by atoms with Crippen LogP contribution in [0, 0.1) is 11.6 Å². The average molecular weight is 370 g/mol. The van der Waals surface area contributed by atoms with E-state index in [0.717, 1.165) is 11.6 Å². The van der Waals surface area contributed by atoms with Crippen LogP contribution in [0.3, 0.4) is 0 Å².